The summed E-state index contributed by atoms with van der Waals surface area (Å²) < 4.78 is 0. The van der Waals surface area contributed by atoms with Crippen molar-refractivity contribution in [1.82, 2.24) is 9.97 Å². The molecule has 1 fully saturated rings. The fourth-order valence-electron chi connectivity index (χ4n) is 2.52. The molecule has 0 unspecified atom stereocenters. The van der Waals surface area contributed by atoms with Gasteiger partial charge in [-0.05, 0) is 29.2 Å². The molecule has 0 aliphatic heterocycles. The molecule has 2 rings (SSSR count). The number of nitrogens with one attached hydrogen (secondary N) is 1. The summed E-state index contributed by atoms with van der Waals surface area (Å²) in [5.41, 5.74) is 1.94. The summed E-state index contributed by atoms with van der Waals surface area (Å²) in [5, 5.41) is 3.32. The largest absolute Gasteiger partial charge is 0.354 e. The van der Waals surface area contributed by atoms with Gasteiger partial charge in [-0.1, -0.05) is 27.7 Å². The number of nitrogens with zero attached hydrogens (tertiary/aromatic N) is 2. The van der Waals surface area contributed by atoms with Crippen LogP contribution in [0.25, 0.3) is 0 Å². The molecule has 0 radical (unpaired) electrons. The Morgan fingerprint density at radius 1 is 1.12 bits per heavy atom. The molecule has 1 aliphatic rings. The van der Waals surface area contributed by atoms with Crippen LogP contribution in [-0.2, 0) is 0 Å². The molecule has 0 atom stereocenters. The molecule has 0 spiro atoms. The molecule has 3 heteroatoms. The van der Waals surface area contributed by atoms with Gasteiger partial charge in [0.2, 0.25) is 5.95 Å². The Balaban J connectivity index is 1.93. The van der Waals surface area contributed by atoms with Crippen LogP contribution >= 0.6 is 0 Å². The Morgan fingerprint density at radius 2 is 1.62 bits per heavy atom. The summed E-state index contributed by atoms with van der Waals surface area (Å²) >= 11 is 0. The lowest BCUT2D eigenvalue weighted by Crippen LogP contribution is -2.10. The summed E-state index contributed by atoms with van der Waals surface area (Å²) in [7, 11) is 0. The molecule has 88 valence electrons. The third-order valence-corrected chi connectivity index (χ3v) is 4.56. The Labute approximate surface area is 97.7 Å². The highest BCUT2D eigenvalue weighted by Crippen LogP contribution is 2.68. The van der Waals surface area contributed by atoms with Crippen molar-refractivity contribution in [3.8, 4) is 0 Å². The maximum absolute atomic E-state index is 4.25. The zero-order chi connectivity index (χ0) is 12.0. The van der Waals surface area contributed by atoms with Crippen molar-refractivity contribution in [2.45, 2.75) is 34.6 Å². The Kier molecular flexibility index (Phi) is 2.44. The summed E-state index contributed by atoms with van der Waals surface area (Å²) in [6.07, 6.45) is 3.69. The molecule has 1 N–H and O–H groups in total. The Morgan fingerprint density at radius 3 is 2.06 bits per heavy atom. The molecule has 1 saturated carbocycles. The zero-order valence-corrected chi connectivity index (χ0v) is 10.8. The second-order valence-electron chi connectivity index (χ2n) is 5.96. The topological polar surface area (TPSA) is 37.8 Å². The van der Waals surface area contributed by atoms with E-state index in [1.165, 1.54) is 0 Å². The lowest BCUT2D eigenvalue weighted by atomic mass is 10.0. The van der Waals surface area contributed by atoms with Crippen molar-refractivity contribution < 1.29 is 0 Å². The van der Waals surface area contributed by atoms with Gasteiger partial charge in [-0.15, -0.1) is 0 Å². The summed E-state index contributed by atoms with van der Waals surface area (Å²) in [6.45, 7) is 12.3. The monoisotopic (exact) mass is 219 g/mol. The second-order valence-corrected chi connectivity index (χ2v) is 5.96. The SMILES string of the molecule is Cc1cnc(NCC2C(C)(C)C2(C)C)nc1. The molecular weight excluding hydrogens is 198 g/mol. The fourth-order valence-corrected chi connectivity index (χ4v) is 2.52. The van der Waals surface area contributed by atoms with E-state index in [1.807, 2.05) is 19.3 Å². The predicted octanol–water partition coefficient (Wildman–Crippen LogP) is 2.88. The molecule has 1 aromatic rings. The highest BCUT2D eigenvalue weighted by molar-refractivity contribution is 5.27. The van der Waals surface area contributed by atoms with E-state index in [9.17, 15) is 0 Å². The van der Waals surface area contributed by atoms with Gasteiger partial charge in [-0.2, -0.15) is 0 Å². The molecule has 0 amide bonds. The molecular formula is C13H21N3. The van der Waals surface area contributed by atoms with E-state index < -0.39 is 0 Å². The third kappa shape index (κ3) is 1.68. The van der Waals surface area contributed by atoms with Crippen LogP contribution < -0.4 is 5.32 Å². The van der Waals surface area contributed by atoms with Crippen LogP contribution in [0.5, 0.6) is 0 Å². The summed E-state index contributed by atoms with van der Waals surface area (Å²) in [5.74, 6) is 1.44. The lowest BCUT2D eigenvalue weighted by molar-refractivity contribution is 0.457. The minimum atomic E-state index is 0.421. The number of aryl methyl sites for hydroxylation is 1. The number of anilines is 1. The van der Waals surface area contributed by atoms with Crippen molar-refractivity contribution in [1.29, 1.82) is 0 Å². The number of hydrogen-bond donors (Lipinski definition) is 1. The molecule has 1 heterocycles. The van der Waals surface area contributed by atoms with Crippen LogP contribution in [0.4, 0.5) is 5.95 Å². The molecule has 0 bridgehead atoms. The normalized spacial score (nSPS) is 21.8. The Hall–Kier alpha value is -1.12. The van der Waals surface area contributed by atoms with Gasteiger partial charge >= 0.3 is 0 Å². The second kappa shape index (κ2) is 3.44. The lowest BCUT2D eigenvalue weighted by Gasteiger charge is -2.05. The van der Waals surface area contributed by atoms with Gasteiger partial charge in [-0.25, -0.2) is 9.97 Å². The van der Waals surface area contributed by atoms with Gasteiger partial charge in [0.05, 0.1) is 0 Å². The molecule has 0 saturated heterocycles. The average Bonchev–Trinajstić information content (AvgIpc) is 2.58. The van der Waals surface area contributed by atoms with Crippen molar-refractivity contribution >= 4 is 5.95 Å². The standard InChI is InChI=1S/C13H21N3/c1-9-6-14-11(15-7-9)16-8-10-12(2,3)13(10,4)5/h6-7,10H,8H2,1-5H3,(H,14,15,16). The summed E-state index contributed by atoms with van der Waals surface area (Å²) in [6, 6.07) is 0. The molecule has 16 heavy (non-hydrogen) atoms. The van der Waals surface area contributed by atoms with E-state index in [0.717, 1.165) is 18.1 Å². The van der Waals surface area contributed by atoms with Crippen LogP contribution in [-0.4, -0.2) is 16.5 Å². The number of aromatic nitrogens is 2. The van der Waals surface area contributed by atoms with Crippen LogP contribution in [0.3, 0.4) is 0 Å². The smallest absolute Gasteiger partial charge is 0.222 e. The minimum absolute atomic E-state index is 0.421. The molecule has 1 aromatic heterocycles. The molecule has 1 aliphatic carbocycles. The highest BCUT2D eigenvalue weighted by Gasteiger charge is 2.64. The van der Waals surface area contributed by atoms with Gasteiger partial charge in [0.1, 0.15) is 0 Å². The Bertz CT molecular complexity index is 365. The van der Waals surface area contributed by atoms with Gasteiger partial charge in [0.25, 0.3) is 0 Å². The van der Waals surface area contributed by atoms with Gasteiger partial charge in [0, 0.05) is 18.9 Å². The third-order valence-electron chi connectivity index (χ3n) is 4.56. The van der Waals surface area contributed by atoms with Crippen LogP contribution in [0, 0.1) is 23.7 Å². The first kappa shape index (κ1) is 11.4. The van der Waals surface area contributed by atoms with Crippen molar-refractivity contribution in [2.75, 3.05) is 11.9 Å². The number of hydrogen-bond acceptors (Lipinski definition) is 3. The van der Waals surface area contributed by atoms with Gasteiger partial charge in [0.15, 0.2) is 0 Å². The first-order chi connectivity index (χ1) is 7.35. The average molecular weight is 219 g/mol. The minimum Gasteiger partial charge on any atom is -0.354 e. The van der Waals surface area contributed by atoms with Crippen LogP contribution in [0.15, 0.2) is 12.4 Å². The van der Waals surface area contributed by atoms with Gasteiger partial charge in [-0.3, -0.25) is 0 Å². The maximum Gasteiger partial charge on any atom is 0.222 e. The zero-order valence-electron chi connectivity index (χ0n) is 10.8. The van der Waals surface area contributed by atoms with E-state index in [2.05, 4.69) is 43.0 Å². The highest BCUT2D eigenvalue weighted by atomic mass is 15.1. The molecule has 3 nitrogen and oxygen atoms in total. The first-order valence-electron chi connectivity index (χ1n) is 5.88. The van der Waals surface area contributed by atoms with Crippen molar-refractivity contribution in [2.24, 2.45) is 16.7 Å². The van der Waals surface area contributed by atoms with Crippen LogP contribution in [0.1, 0.15) is 33.3 Å². The maximum atomic E-state index is 4.25. The van der Waals surface area contributed by atoms with E-state index in [1.54, 1.807) is 0 Å². The van der Waals surface area contributed by atoms with E-state index in [4.69, 9.17) is 0 Å². The van der Waals surface area contributed by atoms with E-state index >= 15 is 0 Å². The van der Waals surface area contributed by atoms with Crippen molar-refractivity contribution in [3.63, 3.8) is 0 Å². The van der Waals surface area contributed by atoms with Crippen molar-refractivity contribution in [3.05, 3.63) is 18.0 Å². The van der Waals surface area contributed by atoms with Gasteiger partial charge < -0.3 is 5.32 Å². The van der Waals surface area contributed by atoms with E-state index in [-0.39, 0.29) is 0 Å². The number of rotatable bonds is 3. The summed E-state index contributed by atoms with van der Waals surface area (Å²) in [4.78, 5) is 8.50. The van der Waals surface area contributed by atoms with E-state index in [0.29, 0.717) is 16.7 Å². The fraction of sp³-hybridized carbons (Fsp3) is 0.692. The first-order valence-corrected chi connectivity index (χ1v) is 5.88. The quantitative estimate of drug-likeness (QED) is 0.849. The predicted molar refractivity (Wildman–Crippen MR) is 66.3 cm³/mol. The van der Waals surface area contributed by atoms with Crippen LogP contribution in [0.2, 0.25) is 0 Å². The molecule has 0 aromatic carbocycles.